The fourth-order valence-electron chi connectivity index (χ4n) is 1.78. The number of hydrogen-bond donors (Lipinski definition) is 1. The van der Waals surface area contributed by atoms with Crippen LogP contribution in [0.4, 0.5) is 13.2 Å². The molecule has 98 valence electrons. The molecule has 2 heterocycles. The van der Waals surface area contributed by atoms with Gasteiger partial charge in [0, 0.05) is 12.2 Å². The summed E-state index contributed by atoms with van der Waals surface area (Å²) in [6.07, 6.45) is -2.57. The zero-order valence-corrected chi connectivity index (χ0v) is 10.4. The van der Waals surface area contributed by atoms with Gasteiger partial charge >= 0.3 is 6.18 Å². The van der Waals surface area contributed by atoms with Gasteiger partial charge in [0.25, 0.3) is 0 Å². The van der Waals surface area contributed by atoms with E-state index < -0.39 is 11.7 Å². The lowest BCUT2D eigenvalue weighted by Gasteiger charge is -2.20. The van der Waals surface area contributed by atoms with E-state index in [1.165, 1.54) is 16.0 Å². The van der Waals surface area contributed by atoms with Crippen LogP contribution < -0.4 is 5.73 Å². The number of nitrogens with zero attached hydrogens (tertiary/aromatic N) is 2. The second kappa shape index (κ2) is 4.74. The Hall–Kier alpha value is -1.34. The molecule has 2 atom stereocenters. The molecule has 7 heteroatoms. The highest BCUT2D eigenvalue weighted by molar-refractivity contribution is 7.07. The van der Waals surface area contributed by atoms with Crippen LogP contribution in [0.5, 0.6) is 0 Å². The zero-order chi connectivity index (χ0) is 13.3. The summed E-state index contributed by atoms with van der Waals surface area (Å²) in [5.74, 6) is 0. The fraction of sp³-hybridized carbons (Fsp3) is 0.364. The molecule has 2 aromatic heterocycles. The van der Waals surface area contributed by atoms with Crippen molar-refractivity contribution in [2.45, 2.75) is 25.2 Å². The Morgan fingerprint density at radius 3 is 2.61 bits per heavy atom. The molecule has 0 spiro atoms. The van der Waals surface area contributed by atoms with Gasteiger partial charge in [0.05, 0.1) is 17.8 Å². The van der Waals surface area contributed by atoms with E-state index in [-0.39, 0.29) is 12.1 Å². The van der Waals surface area contributed by atoms with E-state index >= 15 is 0 Å². The third-order valence-electron chi connectivity index (χ3n) is 2.60. The number of rotatable bonds is 3. The van der Waals surface area contributed by atoms with Crippen molar-refractivity contribution in [1.29, 1.82) is 0 Å². The van der Waals surface area contributed by atoms with E-state index in [4.69, 9.17) is 5.73 Å². The van der Waals surface area contributed by atoms with E-state index in [0.717, 1.165) is 18.0 Å². The van der Waals surface area contributed by atoms with Crippen molar-refractivity contribution in [2.75, 3.05) is 0 Å². The molecule has 3 nitrogen and oxygen atoms in total. The Labute approximate surface area is 106 Å². The largest absolute Gasteiger partial charge is 0.419 e. The Morgan fingerprint density at radius 1 is 1.44 bits per heavy atom. The normalized spacial score (nSPS) is 15.6. The summed E-state index contributed by atoms with van der Waals surface area (Å²) < 4.78 is 38.9. The van der Waals surface area contributed by atoms with Gasteiger partial charge in [-0.3, -0.25) is 4.68 Å². The summed E-state index contributed by atoms with van der Waals surface area (Å²) in [5.41, 5.74) is 5.95. The van der Waals surface area contributed by atoms with Gasteiger partial charge in [0.2, 0.25) is 0 Å². The van der Waals surface area contributed by atoms with Crippen molar-refractivity contribution >= 4 is 11.3 Å². The molecular weight excluding hydrogens is 263 g/mol. The molecule has 0 aliphatic carbocycles. The molecular formula is C11H12F3N3S. The summed E-state index contributed by atoms with van der Waals surface area (Å²) >= 11 is 1.47. The van der Waals surface area contributed by atoms with Crippen LogP contribution in [-0.2, 0) is 6.18 Å². The summed E-state index contributed by atoms with van der Waals surface area (Å²) in [4.78, 5) is 0. The van der Waals surface area contributed by atoms with Gasteiger partial charge in [0.1, 0.15) is 0 Å². The molecule has 0 saturated carbocycles. The van der Waals surface area contributed by atoms with Crippen LogP contribution in [0.1, 0.15) is 24.1 Å². The molecule has 2 unspecified atom stereocenters. The van der Waals surface area contributed by atoms with Gasteiger partial charge in [-0.1, -0.05) is 0 Å². The number of nitrogens with two attached hydrogens (primary N) is 1. The van der Waals surface area contributed by atoms with Gasteiger partial charge in [-0.15, -0.1) is 0 Å². The second-order valence-electron chi connectivity index (χ2n) is 4.07. The van der Waals surface area contributed by atoms with Crippen LogP contribution in [0.2, 0.25) is 0 Å². The average Bonchev–Trinajstić information content (AvgIpc) is 2.86. The molecule has 0 saturated heterocycles. The van der Waals surface area contributed by atoms with Gasteiger partial charge in [-0.05, 0) is 29.3 Å². The molecule has 0 fully saturated rings. The van der Waals surface area contributed by atoms with Crippen LogP contribution in [0.25, 0.3) is 0 Å². The summed E-state index contributed by atoms with van der Waals surface area (Å²) in [7, 11) is 0. The smallest absolute Gasteiger partial charge is 0.326 e. The van der Waals surface area contributed by atoms with Crippen molar-refractivity contribution in [1.82, 2.24) is 9.78 Å². The first-order valence-corrected chi connectivity index (χ1v) is 6.23. The van der Waals surface area contributed by atoms with Crippen LogP contribution >= 0.6 is 11.3 Å². The lowest BCUT2D eigenvalue weighted by Crippen LogP contribution is -2.30. The van der Waals surface area contributed by atoms with Crippen molar-refractivity contribution < 1.29 is 13.2 Å². The standard InChI is InChI=1S/C11H12F3N3S/c1-7(15)10(8-2-3-18-6-8)17-5-9(4-16-17)11(12,13)14/h2-7,10H,15H2,1H3. The van der Waals surface area contributed by atoms with Gasteiger partial charge < -0.3 is 5.73 Å². The molecule has 0 aliphatic rings. The van der Waals surface area contributed by atoms with Crippen LogP contribution in [0.3, 0.4) is 0 Å². The third-order valence-corrected chi connectivity index (χ3v) is 3.30. The Balaban J connectivity index is 2.36. The monoisotopic (exact) mass is 275 g/mol. The van der Waals surface area contributed by atoms with E-state index in [2.05, 4.69) is 5.10 Å². The number of halogens is 3. The second-order valence-corrected chi connectivity index (χ2v) is 4.85. The van der Waals surface area contributed by atoms with Crippen LogP contribution in [0, 0.1) is 0 Å². The van der Waals surface area contributed by atoms with E-state index in [9.17, 15) is 13.2 Å². The predicted molar refractivity (Wildman–Crippen MR) is 63.3 cm³/mol. The van der Waals surface area contributed by atoms with Crippen molar-refractivity contribution in [3.05, 3.63) is 40.3 Å². The minimum atomic E-state index is -4.38. The zero-order valence-electron chi connectivity index (χ0n) is 9.56. The quantitative estimate of drug-likeness (QED) is 0.936. The highest BCUT2D eigenvalue weighted by Gasteiger charge is 2.33. The maximum Gasteiger partial charge on any atom is 0.419 e. The molecule has 2 aromatic rings. The topological polar surface area (TPSA) is 43.8 Å². The van der Waals surface area contributed by atoms with E-state index in [1.807, 2.05) is 16.8 Å². The molecule has 0 aromatic carbocycles. The number of thiophene rings is 1. The SMILES string of the molecule is CC(N)C(c1ccsc1)n1cc(C(F)(F)F)cn1. The first kappa shape index (κ1) is 13.1. The van der Waals surface area contributed by atoms with E-state index in [0.29, 0.717) is 0 Å². The molecule has 0 radical (unpaired) electrons. The maximum absolute atomic E-state index is 12.5. The van der Waals surface area contributed by atoms with Crippen molar-refractivity contribution in [3.63, 3.8) is 0 Å². The fourth-order valence-corrected chi connectivity index (χ4v) is 2.47. The summed E-state index contributed by atoms with van der Waals surface area (Å²) in [6.45, 7) is 1.75. The highest BCUT2D eigenvalue weighted by atomic mass is 32.1. The predicted octanol–water partition coefficient (Wildman–Crippen LogP) is 2.90. The van der Waals surface area contributed by atoms with E-state index in [1.54, 1.807) is 6.92 Å². The van der Waals surface area contributed by atoms with Gasteiger partial charge in [-0.2, -0.15) is 29.6 Å². The van der Waals surface area contributed by atoms with Crippen molar-refractivity contribution in [3.8, 4) is 0 Å². The minimum Gasteiger partial charge on any atom is -0.326 e. The molecule has 0 amide bonds. The Kier molecular flexibility index (Phi) is 3.45. The van der Waals surface area contributed by atoms with Gasteiger partial charge in [-0.25, -0.2) is 0 Å². The summed E-state index contributed by atoms with van der Waals surface area (Å²) in [5, 5.41) is 7.51. The molecule has 18 heavy (non-hydrogen) atoms. The van der Waals surface area contributed by atoms with Crippen LogP contribution in [-0.4, -0.2) is 15.8 Å². The number of alkyl halides is 3. The Bertz CT molecular complexity index is 502. The minimum absolute atomic E-state index is 0.333. The first-order valence-electron chi connectivity index (χ1n) is 5.28. The lowest BCUT2D eigenvalue weighted by atomic mass is 10.1. The first-order chi connectivity index (χ1) is 8.39. The Morgan fingerprint density at radius 2 is 2.17 bits per heavy atom. The molecule has 0 bridgehead atoms. The highest BCUT2D eigenvalue weighted by Crippen LogP contribution is 2.30. The lowest BCUT2D eigenvalue weighted by molar-refractivity contribution is -0.137. The number of hydrogen-bond acceptors (Lipinski definition) is 3. The molecule has 2 N–H and O–H groups in total. The molecule has 0 aliphatic heterocycles. The molecule has 2 rings (SSSR count). The van der Waals surface area contributed by atoms with Crippen LogP contribution in [0.15, 0.2) is 29.2 Å². The average molecular weight is 275 g/mol. The maximum atomic E-state index is 12.5. The third kappa shape index (κ3) is 2.56. The van der Waals surface area contributed by atoms with Crippen molar-refractivity contribution in [2.24, 2.45) is 5.73 Å². The van der Waals surface area contributed by atoms with Gasteiger partial charge in [0.15, 0.2) is 0 Å². The number of aromatic nitrogens is 2. The summed E-state index contributed by atoms with van der Waals surface area (Å²) in [6, 6.07) is 1.13.